The zero-order valence-electron chi connectivity index (χ0n) is 49.4. The van der Waals surface area contributed by atoms with Gasteiger partial charge in [0, 0.05) is 18.8 Å². The number of hydrogen-bond acceptors (Lipinski definition) is 28. The topological polar surface area (TPSA) is 471 Å². The summed E-state index contributed by atoms with van der Waals surface area (Å²) in [6.07, 6.45) is -0.0864. The summed E-state index contributed by atoms with van der Waals surface area (Å²) in [4.78, 5) is 96.9. The number of carbonyl (C=O) groups is 2. The Kier molecular flexibility index (Phi) is 37.0. The number of carbonyl (C=O) groups excluding carboxylic acids is 2. The number of aromatic amines is 1. The van der Waals surface area contributed by atoms with E-state index in [-0.39, 0.29) is 98.4 Å². The predicted octanol–water partition coefficient (Wildman–Crippen LogP) is -0.600. The first-order valence-corrected chi connectivity index (χ1v) is 30.1. The van der Waals surface area contributed by atoms with E-state index < -0.39 is 80.3 Å². The smallest absolute Gasteiger partial charge is 0.857 e. The molecular formula is C54H81ClN17NaO14Si. The van der Waals surface area contributed by atoms with Crippen molar-refractivity contribution in [1.82, 2.24) is 59.0 Å². The average molecular weight is 1280 g/mol. The minimum atomic E-state index is -1.35. The molecule has 88 heavy (non-hydrogen) atoms. The summed E-state index contributed by atoms with van der Waals surface area (Å²) >= 11 is 6.08. The zero-order valence-corrected chi connectivity index (χ0v) is 53.2. The van der Waals surface area contributed by atoms with Crippen molar-refractivity contribution in [1.29, 1.82) is 5.26 Å². The summed E-state index contributed by atoms with van der Waals surface area (Å²) in [5.41, 5.74) is 14.3. The molecule has 0 amide bonds. The number of nitrogens with two attached hydrogens (primary N) is 3. The molecule has 12 atom stereocenters. The summed E-state index contributed by atoms with van der Waals surface area (Å²) in [7, 11) is -0.574. The molecule has 0 spiro atoms. The van der Waals surface area contributed by atoms with Crippen molar-refractivity contribution in [2.24, 2.45) is 11.8 Å². The number of aliphatic hydroxyl groups is 3. The normalized spacial score (nSPS) is 22.6. The number of esters is 2. The molecule has 478 valence electrons. The van der Waals surface area contributed by atoms with Crippen molar-refractivity contribution >= 4 is 55.6 Å². The van der Waals surface area contributed by atoms with Gasteiger partial charge in [-0.05, 0) is 44.0 Å². The summed E-state index contributed by atoms with van der Waals surface area (Å²) in [6.45, 7) is 17.4. The number of rotatable bonds is 11. The number of hydrogen-bond donors (Lipinski definition) is 8. The molecule has 4 unspecified atom stereocenters. The van der Waals surface area contributed by atoms with Crippen molar-refractivity contribution in [3.63, 3.8) is 0 Å². The fourth-order valence-electron chi connectivity index (χ4n) is 7.95. The van der Waals surface area contributed by atoms with Crippen LogP contribution in [0.2, 0.25) is 19.6 Å². The fraction of sp³-hybridized carbons (Fsp3) is 0.500. The van der Waals surface area contributed by atoms with Crippen LogP contribution >= 0.6 is 11.6 Å². The molecule has 11 N–H and O–H groups in total. The molecule has 31 nitrogen and oxygen atoms in total. The van der Waals surface area contributed by atoms with Crippen LogP contribution in [0, 0.1) is 30.1 Å². The number of aryl methyl sites for hydroxylation is 1. The summed E-state index contributed by atoms with van der Waals surface area (Å²) < 4.78 is 29.9. The van der Waals surface area contributed by atoms with Crippen molar-refractivity contribution in [3.05, 3.63) is 134 Å². The van der Waals surface area contributed by atoms with E-state index >= 15 is 0 Å². The van der Waals surface area contributed by atoms with Gasteiger partial charge in [-0.2, -0.15) is 32.3 Å². The third-order valence-corrected chi connectivity index (χ3v) is 13.3. The Morgan fingerprint density at radius 1 is 0.727 bits per heavy atom. The number of aromatic nitrogens is 12. The van der Waals surface area contributed by atoms with Crippen LogP contribution in [0.4, 0.5) is 23.8 Å². The Morgan fingerprint density at radius 2 is 1.17 bits per heavy atom. The van der Waals surface area contributed by atoms with E-state index in [2.05, 4.69) is 74.5 Å². The van der Waals surface area contributed by atoms with Gasteiger partial charge in [-0.3, -0.25) is 14.1 Å². The predicted molar refractivity (Wildman–Crippen MR) is 322 cm³/mol. The van der Waals surface area contributed by atoms with Gasteiger partial charge >= 0.3 is 58.6 Å². The molecule has 3 fully saturated rings. The van der Waals surface area contributed by atoms with Crippen molar-refractivity contribution in [2.45, 2.75) is 150 Å². The largest absolute Gasteiger partial charge is 1.00 e. The first kappa shape index (κ1) is 80.7. The molecule has 34 heteroatoms. The van der Waals surface area contributed by atoms with Crippen LogP contribution in [0.3, 0.4) is 0 Å². The third-order valence-electron chi connectivity index (χ3n) is 12.0. The van der Waals surface area contributed by atoms with Crippen molar-refractivity contribution in [2.75, 3.05) is 35.9 Å². The van der Waals surface area contributed by atoms with Crippen LogP contribution < -0.4 is 73.9 Å². The Morgan fingerprint density at radius 3 is 1.57 bits per heavy atom. The van der Waals surface area contributed by atoms with E-state index in [4.69, 9.17) is 68.0 Å². The number of nitrogen functional groups attached to an aromatic ring is 3. The Hall–Kier alpha value is -7.26. The molecule has 2 aromatic carbocycles. The number of nitrogens with one attached hydrogen (secondary N) is 2. The summed E-state index contributed by atoms with van der Waals surface area (Å²) in [6, 6.07) is 19.4. The van der Waals surface area contributed by atoms with Gasteiger partial charge in [0.25, 0.3) is 0 Å². The molecule has 3 aliphatic heterocycles. The van der Waals surface area contributed by atoms with E-state index in [0.29, 0.717) is 17.1 Å². The van der Waals surface area contributed by atoms with Crippen molar-refractivity contribution < 1.29 is 83.3 Å². The van der Waals surface area contributed by atoms with Crippen LogP contribution in [0.25, 0.3) is 0 Å². The molecular weight excluding hydrogens is 1200 g/mol. The number of halogens is 1. The van der Waals surface area contributed by atoms with Crippen LogP contribution in [-0.4, -0.2) is 156 Å². The van der Waals surface area contributed by atoms with Gasteiger partial charge < -0.3 is 66.3 Å². The molecule has 0 radical (unpaired) electrons. The van der Waals surface area contributed by atoms with E-state index in [1.54, 1.807) is 54.6 Å². The quantitative estimate of drug-likeness (QED) is 0.0456. The summed E-state index contributed by atoms with van der Waals surface area (Å²) in [5, 5.41) is 43.7. The van der Waals surface area contributed by atoms with E-state index in [1.165, 1.54) is 24.1 Å². The molecule has 4 aromatic heterocycles. The van der Waals surface area contributed by atoms with Crippen LogP contribution in [0.5, 0.6) is 0 Å². The van der Waals surface area contributed by atoms with E-state index in [9.17, 15) is 34.2 Å². The second kappa shape index (κ2) is 40.3. The number of benzene rings is 2. The monoisotopic (exact) mass is 1280 g/mol. The van der Waals surface area contributed by atoms with Gasteiger partial charge in [0.05, 0.1) is 36.0 Å². The average Bonchev–Trinajstić information content (AvgIpc) is 2.66. The maximum atomic E-state index is 12.4. The summed E-state index contributed by atoms with van der Waals surface area (Å²) in [5.74, 6) is 0.440. The number of alkyl halides is 1. The molecule has 0 aliphatic carbocycles. The maximum absolute atomic E-state index is 12.4. The number of anilines is 4. The van der Waals surface area contributed by atoms with E-state index in [1.807, 2.05) is 46.8 Å². The van der Waals surface area contributed by atoms with Crippen LogP contribution in [0.1, 0.15) is 101 Å². The van der Waals surface area contributed by atoms with Gasteiger partial charge in [-0.25, -0.2) is 48.9 Å². The Balaban J connectivity index is 0.00000108. The van der Waals surface area contributed by atoms with Crippen molar-refractivity contribution in [3.8, 4) is 6.07 Å². The van der Waals surface area contributed by atoms with Crippen LogP contribution in [-0.2, 0) is 23.7 Å². The first-order valence-electron chi connectivity index (χ1n) is 26.2. The minimum Gasteiger partial charge on any atom is -0.857 e. The van der Waals surface area contributed by atoms with Crippen LogP contribution in [0.15, 0.2) is 100 Å². The molecule has 9 rings (SSSR count). The van der Waals surface area contributed by atoms with Gasteiger partial charge in [-0.1, -0.05) is 110 Å². The number of nitriles is 1. The number of H-pyrrole nitrogens is 1. The fourth-order valence-corrected chi connectivity index (χ4v) is 9.15. The standard InChI is InChI=1S/C17H20N4O4.C14H17ClO3.C8H12N4O5.C7H14N4Si.C3H4N4O.C2H3N.CH3O.2CH4.Na/c1-3-12-10(2)13(25-15(22)11-7-5-4-6-8-11)14(24-12)21-9-19-16(18)20-17(21)23;1-3-11-9(2)12(13(15)17-11)18-14(16)10-7-5-4-6-8-10;9-7-10-2-12(8(16)11-7)6-5(15)4(14)3(1-13)17-6;1-6-8-5-9-7(10-6)11-12(2,3)4;4-2-5-1-6-3(8)7-2;1-2-3;1-2;;;/h4-10,12-14H,3H2,1-2H3,(H2,18,20,23);4-9,11-13H,3H2,1-2H3;2-6,13-15H,1H2,(H2,9,11,16);5H,1-4H3,(H,8,9,10,11);1H,(H3,4,5,6,7,8);1H3;1H3;2*1H4;/q;;;;;;-1;;;+1/t10-,12+,13?,14+;9-,11+,12?,13?;3-,4+,5?,6-;;;;;;;/m001......./s1. The second-order valence-electron chi connectivity index (χ2n) is 19.3. The Bertz CT molecular complexity index is 3230. The number of aliphatic hydroxyl groups excluding tert-OH is 3. The molecule has 6 aromatic rings. The van der Waals surface area contributed by atoms with Gasteiger partial charge in [-0.15, -0.1) is 0 Å². The second-order valence-corrected chi connectivity index (χ2v) is 24.5. The van der Waals surface area contributed by atoms with Gasteiger partial charge in [0.2, 0.25) is 23.8 Å². The minimum absolute atomic E-state index is 0. The molecule has 7 heterocycles. The number of nitrogens with zero attached hydrogens (tertiary/aromatic N) is 12. The number of ether oxygens (including phenoxy) is 5. The SMILES string of the molecule is C.C.CC#N.CC[C@H]1OC(Cl)C(OC(=O)c2ccccc2)[C@H]1C.CC[C@H]1O[C@@H](n2cnc(N)nc2=O)C(OC(=O)c2ccccc2)[C@H]1C.C[O-].Cc1ncnc(N[Si](C)(C)C)n1.Nc1ncn([C@@H]2O[C@H](CO)[C@H](O)C2O)c(=O)n1.Nc1ncnc(=O)[nH]1.[Na+]. The van der Waals surface area contributed by atoms with E-state index in [0.717, 1.165) is 43.0 Å². The molecule has 0 saturated carbocycles. The Labute approximate surface area is 537 Å². The first-order chi connectivity index (χ1) is 40.4. The molecule has 3 saturated heterocycles. The molecule has 3 aliphatic rings. The molecule has 0 bridgehead atoms. The van der Waals surface area contributed by atoms with Gasteiger partial charge in [0.1, 0.15) is 63.8 Å². The van der Waals surface area contributed by atoms with Gasteiger partial charge in [0.15, 0.2) is 24.1 Å². The zero-order chi connectivity index (χ0) is 63.6. The maximum Gasteiger partial charge on any atom is 1.00 e. The third kappa shape index (κ3) is 25.1.